The Morgan fingerprint density at radius 1 is 1.18 bits per heavy atom. The molecule has 1 aromatic heterocycles. The summed E-state index contributed by atoms with van der Waals surface area (Å²) in [6.07, 6.45) is 4.94. The van der Waals surface area contributed by atoms with E-state index in [9.17, 15) is 19.1 Å². The molecule has 0 bridgehead atoms. The number of hydrogen-bond donors (Lipinski definition) is 1. The normalized spacial score (nSPS) is 18.3. The van der Waals surface area contributed by atoms with Crippen molar-refractivity contribution in [3.8, 4) is 5.88 Å². The van der Waals surface area contributed by atoms with E-state index in [1.165, 1.54) is 23.1 Å². The van der Waals surface area contributed by atoms with Gasteiger partial charge in [0.25, 0.3) is 11.8 Å². The van der Waals surface area contributed by atoms with Gasteiger partial charge in [-0.2, -0.15) is 0 Å². The summed E-state index contributed by atoms with van der Waals surface area (Å²) < 4.78 is 19.9. The third-order valence-corrected chi connectivity index (χ3v) is 6.68. The maximum absolute atomic E-state index is 13.7. The third kappa shape index (κ3) is 6.26. The summed E-state index contributed by atoms with van der Waals surface area (Å²) in [5.74, 6) is -1.12. The maximum Gasteiger partial charge on any atom is 0.259 e. The number of halogens is 1. The molecule has 1 N–H and O–H groups in total. The fourth-order valence-corrected chi connectivity index (χ4v) is 4.38. The van der Waals surface area contributed by atoms with Crippen LogP contribution in [0.25, 0.3) is 12.2 Å². The average Bonchev–Trinajstić information content (AvgIpc) is 2.93. The summed E-state index contributed by atoms with van der Waals surface area (Å²) in [7, 11) is 1.63. The number of carbonyl (C=O) groups excluding carboxylic acids is 2. The monoisotopic (exact) mass is 517 g/mol. The van der Waals surface area contributed by atoms with Crippen LogP contribution in [-0.2, 0) is 0 Å². The van der Waals surface area contributed by atoms with Crippen molar-refractivity contribution in [1.29, 1.82) is 0 Å². The van der Waals surface area contributed by atoms with E-state index in [0.29, 0.717) is 6.54 Å². The lowest BCUT2D eigenvalue weighted by Crippen LogP contribution is -2.50. The molecule has 198 valence electrons. The smallest absolute Gasteiger partial charge is 0.259 e. The minimum absolute atomic E-state index is 0.171. The fraction of sp³-hybridized carbons (Fsp3) is 0.300. The van der Waals surface area contributed by atoms with Crippen molar-refractivity contribution in [3.05, 3.63) is 94.9 Å². The standard InChI is InChI=1S/C30H32FN3O4/c1-20-17-34(21(2)19-35)30(37)26-14-23(13-12-22-8-5-4-6-9-22)16-32-28(26)38-27(20)18-33(3)29(36)24-10-7-11-25(31)15-24/h4-16,20-21,27,35H,17-19H2,1-3H3/b13-12+/t20-,21-,27+/m1/s1. The van der Waals surface area contributed by atoms with Gasteiger partial charge in [-0.25, -0.2) is 9.37 Å². The first-order chi connectivity index (χ1) is 18.3. The van der Waals surface area contributed by atoms with Crippen LogP contribution in [0, 0.1) is 11.7 Å². The Kier molecular flexibility index (Phi) is 8.53. The lowest BCUT2D eigenvalue weighted by molar-refractivity contribution is 0.0313. The summed E-state index contributed by atoms with van der Waals surface area (Å²) in [4.78, 5) is 34.1. The Bertz CT molecular complexity index is 1310. The number of aliphatic hydroxyl groups excluding tert-OH is 1. The van der Waals surface area contributed by atoms with E-state index in [1.54, 1.807) is 37.2 Å². The van der Waals surface area contributed by atoms with Crippen molar-refractivity contribution in [2.24, 2.45) is 5.92 Å². The highest BCUT2D eigenvalue weighted by molar-refractivity contribution is 5.97. The molecule has 1 aliphatic heterocycles. The molecule has 0 saturated heterocycles. The number of aromatic nitrogens is 1. The van der Waals surface area contributed by atoms with Crippen LogP contribution in [0.1, 0.15) is 45.7 Å². The molecular formula is C30H32FN3O4. The zero-order valence-corrected chi connectivity index (χ0v) is 21.8. The lowest BCUT2D eigenvalue weighted by atomic mass is 9.99. The number of aliphatic hydroxyl groups is 1. The number of fused-ring (bicyclic) bond motifs is 1. The molecule has 3 atom stereocenters. The highest BCUT2D eigenvalue weighted by Crippen LogP contribution is 2.28. The largest absolute Gasteiger partial charge is 0.472 e. The molecule has 2 amide bonds. The van der Waals surface area contributed by atoms with E-state index < -0.39 is 18.0 Å². The van der Waals surface area contributed by atoms with Crippen LogP contribution in [0.2, 0.25) is 0 Å². The third-order valence-electron chi connectivity index (χ3n) is 6.68. The van der Waals surface area contributed by atoms with Crippen molar-refractivity contribution >= 4 is 24.0 Å². The number of hydrogen-bond acceptors (Lipinski definition) is 5. The first kappa shape index (κ1) is 27.0. The molecular weight excluding hydrogens is 485 g/mol. The van der Waals surface area contributed by atoms with E-state index in [-0.39, 0.29) is 47.9 Å². The van der Waals surface area contributed by atoms with E-state index >= 15 is 0 Å². The Morgan fingerprint density at radius 3 is 2.63 bits per heavy atom. The number of ether oxygens (including phenoxy) is 1. The van der Waals surface area contributed by atoms with E-state index in [1.807, 2.05) is 49.4 Å². The second-order valence-electron chi connectivity index (χ2n) is 9.68. The summed E-state index contributed by atoms with van der Waals surface area (Å²) >= 11 is 0. The van der Waals surface area contributed by atoms with Crippen LogP contribution in [0.3, 0.4) is 0 Å². The highest BCUT2D eigenvalue weighted by Gasteiger charge is 2.34. The molecule has 3 aromatic rings. The van der Waals surface area contributed by atoms with Gasteiger partial charge in [0.1, 0.15) is 17.5 Å². The average molecular weight is 518 g/mol. The summed E-state index contributed by atoms with van der Waals surface area (Å²) in [5, 5.41) is 9.86. The molecule has 8 heteroatoms. The molecule has 0 unspecified atom stereocenters. The summed E-state index contributed by atoms with van der Waals surface area (Å²) in [5.41, 5.74) is 2.27. The highest BCUT2D eigenvalue weighted by atomic mass is 19.1. The topological polar surface area (TPSA) is 83.0 Å². The van der Waals surface area contributed by atoms with Gasteiger partial charge in [-0.3, -0.25) is 9.59 Å². The first-order valence-electron chi connectivity index (χ1n) is 12.6. The van der Waals surface area contributed by atoms with Crippen LogP contribution in [0.5, 0.6) is 5.88 Å². The predicted molar refractivity (Wildman–Crippen MR) is 144 cm³/mol. The van der Waals surface area contributed by atoms with Gasteiger partial charge in [0.05, 0.1) is 19.2 Å². The van der Waals surface area contributed by atoms with Crippen LogP contribution < -0.4 is 4.74 Å². The number of pyridine rings is 1. The van der Waals surface area contributed by atoms with Crippen LogP contribution in [0.15, 0.2) is 66.9 Å². The van der Waals surface area contributed by atoms with Gasteiger partial charge in [0.2, 0.25) is 5.88 Å². The molecule has 4 rings (SSSR count). The van der Waals surface area contributed by atoms with E-state index in [2.05, 4.69) is 4.98 Å². The summed E-state index contributed by atoms with van der Waals surface area (Å²) in [6.45, 7) is 4.03. The lowest BCUT2D eigenvalue weighted by Gasteiger charge is -2.37. The molecule has 38 heavy (non-hydrogen) atoms. The fourth-order valence-electron chi connectivity index (χ4n) is 4.38. The second kappa shape index (κ2) is 12.0. The number of likely N-dealkylation sites (N-methyl/N-ethyl adjacent to an activating group) is 1. The molecule has 1 aliphatic rings. The molecule has 0 fully saturated rings. The van der Waals surface area contributed by atoms with Crippen molar-refractivity contribution in [2.75, 3.05) is 26.7 Å². The quantitative estimate of drug-likeness (QED) is 0.503. The van der Waals surface area contributed by atoms with Gasteiger partial charge in [-0.05, 0) is 42.3 Å². The van der Waals surface area contributed by atoms with E-state index in [4.69, 9.17) is 4.74 Å². The second-order valence-corrected chi connectivity index (χ2v) is 9.68. The van der Waals surface area contributed by atoms with Crippen LogP contribution in [-0.4, -0.2) is 70.6 Å². The van der Waals surface area contributed by atoms with Crippen molar-refractivity contribution in [3.63, 3.8) is 0 Å². The van der Waals surface area contributed by atoms with Crippen molar-refractivity contribution in [2.45, 2.75) is 26.0 Å². The van der Waals surface area contributed by atoms with Crippen molar-refractivity contribution in [1.82, 2.24) is 14.8 Å². The van der Waals surface area contributed by atoms with Gasteiger partial charge in [-0.15, -0.1) is 0 Å². The minimum Gasteiger partial charge on any atom is -0.472 e. The molecule has 2 heterocycles. The number of benzene rings is 2. The predicted octanol–water partition coefficient (Wildman–Crippen LogP) is 4.38. The number of carbonyl (C=O) groups is 2. The molecule has 7 nitrogen and oxygen atoms in total. The number of amides is 2. The van der Waals surface area contributed by atoms with Gasteiger partial charge < -0.3 is 19.6 Å². The van der Waals surface area contributed by atoms with E-state index in [0.717, 1.165) is 11.1 Å². The Hall–Kier alpha value is -4.04. The Morgan fingerprint density at radius 2 is 1.92 bits per heavy atom. The molecule has 2 aromatic carbocycles. The van der Waals surface area contributed by atoms with Gasteiger partial charge in [0, 0.05) is 31.3 Å². The zero-order chi connectivity index (χ0) is 27.2. The first-order valence-corrected chi connectivity index (χ1v) is 12.6. The SMILES string of the molecule is C[C@@H]1CN([C@H](C)CO)C(=O)c2cc(/C=C/c3ccccc3)cnc2O[C@H]1CN(C)C(=O)c1cccc(F)c1. The Balaban J connectivity index is 1.64. The van der Waals surface area contributed by atoms with Gasteiger partial charge in [0.15, 0.2) is 0 Å². The summed E-state index contributed by atoms with van der Waals surface area (Å²) in [6, 6.07) is 16.6. The van der Waals surface area contributed by atoms with Gasteiger partial charge in [-0.1, -0.05) is 55.5 Å². The van der Waals surface area contributed by atoms with Crippen LogP contribution >= 0.6 is 0 Å². The minimum atomic E-state index is -0.504. The molecule has 0 spiro atoms. The Labute approximate surface area is 222 Å². The number of nitrogens with zero attached hydrogens (tertiary/aromatic N) is 3. The molecule has 0 radical (unpaired) electrons. The van der Waals surface area contributed by atoms with Crippen molar-refractivity contribution < 1.29 is 23.8 Å². The zero-order valence-electron chi connectivity index (χ0n) is 21.8. The maximum atomic E-state index is 13.7. The number of rotatable bonds is 7. The molecule has 0 saturated carbocycles. The molecule has 0 aliphatic carbocycles. The van der Waals surface area contributed by atoms with Crippen LogP contribution in [0.4, 0.5) is 4.39 Å². The van der Waals surface area contributed by atoms with Gasteiger partial charge >= 0.3 is 0 Å².